The third-order valence-electron chi connectivity index (χ3n) is 3.65. The molecular weight excluding hydrogens is 304 g/mol. The quantitative estimate of drug-likeness (QED) is 0.737. The lowest BCUT2D eigenvalue weighted by atomic mass is 9.84. The van der Waals surface area contributed by atoms with Crippen LogP contribution >= 0.6 is 15.9 Å². The number of allylic oxidation sites excluding steroid dienone is 2. The topological polar surface area (TPSA) is 34.1 Å². The van der Waals surface area contributed by atoms with Crippen LogP contribution in [0.3, 0.4) is 0 Å². The van der Waals surface area contributed by atoms with Crippen LogP contribution in [0.1, 0.15) is 31.8 Å². The van der Waals surface area contributed by atoms with E-state index in [1.165, 1.54) is 0 Å². The molecule has 0 N–H and O–H groups in total. The van der Waals surface area contributed by atoms with Gasteiger partial charge in [0.2, 0.25) is 0 Å². The second-order valence-electron chi connectivity index (χ2n) is 4.67. The first-order valence-corrected chi connectivity index (χ1v) is 6.70. The Morgan fingerprint density at radius 2 is 1.42 bits per heavy atom. The molecule has 2 aliphatic carbocycles. The summed E-state index contributed by atoms with van der Waals surface area (Å²) in [5.74, 6) is -0.0283. The molecule has 0 saturated heterocycles. The maximum atomic E-state index is 12.1. The van der Waals surface area contributed by atoms with Gasteiger partial charge >= 0.3 is 0 Å². The third-order valence-corrected chi connectivity index (χ3v) is 4.31. The first kappa shape index (κ1) is 10.9. The molecule has 0 saturated carbocycles. The van der Waals surface area contributed by atoms with Crippen molar-refractivity contribution in [2.24, 2.45) is 0 Å². The number of carbonyl (C=O) groups is 2. The van der Waals surface area contributed by atoms with E-state index in [4.69, 9.17) is 0 Å². The molecule has 2 nitrogen and oxygen atoms in total. The van der Waals surface area contributed by atoms with Gasteiger partial charge in [-0.15, -0.1) is 0 Å². The van der Waals surface area contributed by atoms with E-state index in [0.29, 0.717) is 11.1 Å². The van der Waals surface area contributed by atoms with Crippen molar-refractivity contribution in [3.63, 3.8) is 0 Å². The smallest absolute Gasteiger partial charge is 0.187 e. The van der Waals surface area contributed by atoms with Crippen LogP contribution in [0.2, 0.25) is 0 Å². The highest BCUT2D eigenvalue weighted by molar-refractivity contribution is 9.15. The van der Waals surface area contributed by atoms with Gasteiger partial charge < -0.3 is 0 Å². The Hall–Kier alpha value is -2.00. The number of benzene rings is 2. The Morgan fingerprint density at radius 3 is 2.21 bits per heavy atom. The normalized spacial score (nSPS) is 15.9. The number of rotatable bonds is 0. The third kappa shape index (κ3) is 1.31. The molecule has 2 aromatic rings. The lowest BCUT2D eigenvalue weighted by molar-refractivity contribution is 0.103. The number of hydrogen-bond donors (Lipinski definition) is 0. The summed E-state index contributed by atoms with van der Waals surface area (Å²) < 4.78 is 0.774. The molecule has 0 atom stereocenters. The first-order chi connectivity index (χ1) is 9.16. The minimum atomic E-state index is -0.0231. The zero-order valence-electron chi connectivity index (χ0n) is 9.74. The van der Waals surface area contributed by atoms with Crippen molar-refractivity contribution in [1.29, 1.82) is 0 Å². The molecule has 2 aliphatic rings. The van der Waals surface area contributed by atoms with E-state index in [2.05, 4.69) is 15.9 Å². The predicted octanol–water partition coefficient (Wildman–Crippen LogP) is 3.98. The van der Waals surface area contributed by atoms with Gasteiger partial charge in [-0.1, -0.05) is 34.1 Å². The van der Waals surface area contributed by atoms with E-state index in [9.17, 15) is 9.59 Å². The summed E-state index contributed by atoms with van der Waals surface area (Å²) in [6.45, 7) is 0. The Kier molecular flexibility index (Phi) is 2.01. The van der Waals surface area contributed by atoms with Gasteiger partial charge in [0.1, 0.15) is 0 Å². The summed E-state index contributed by atoms with van der Waals surface area (Å²) in [6.07, 6.45) is 4.98. The van der Waals surface area contributed by atoms with Gasteiger partial charge in [0.25, 0.3) is 0 Å². The van der Waals surface area contributed by atoms with Gasteiger partial charge in [-0.3, -0.25) is 9.59 Å². The van der Waals surface area contributed by atoms with Gasteiger partial charge in [-0.2, -0.15) is 0 Å². The molecule has 0 aromatic heterocycles. The summed E-state index contributed by atoms with van der Waals surface area (Å²) in [5.41, 5.74) is 3.30. The summed E-state index contributed by atoms with van der Waals surface area (Å²) >= 11 is 3.43. The number of hydrogen-bond acceptors (Lipinski definition) is 2. The van der Waals surface area contributed by atoms with E-state index in [-0.39, 0.29) is 11.6 Å². The highest BCUT2D eigenvalue weighted by Crippen LogP contribution is 2.40. The van der Waals surface area contributed by atoms with Gasteiger partial charge in [-0.05, 0) is 29.3 Å². The second-order valence-corrected chi connectivity index (χ2v) is 5.52. The highest BCUT2D eigenvalue weighted by atomic mass is 79.9. The number of carbonyl (C=O) groups excluding carboxylic acids is 2. The minimum absolute atomic E-state index is 0.00526. The van der Waals surface area contributed by atoms with Crippen LogP contribution < -0.4 is 0 Å². The van der Waals surface area contributed by atoms with Crippen molar-refractivity contribution in [2.75, 3.05) is 0 Å². The lowest BCUT2D eigenvalue weighted by Crippen LogP contribution is -2.09. The van der Waals surface area contributed by atoms with Crippen molar-refractivity contribution in [3.8, 4) is 0 Å². The van der Waals surface area contributed by atoms with E-state index in [0.717, 1.165) is 26.4 Å². The minimum Gasteiger partial charge on any atom is -0.289 e. The summed E-state index contributed by atoms with van der Waals surface area (Å²) in [6, 6.07) is 7.47. The Balaban J connectivity index is 2.31. The van der Waals surface area contributed by atoms with Gasteiger partial charge in [0, 0.05) is 32.5 Å². The molecule has 0 radical (unpaired) electrons. The van der Waals surface area contributed by atoms with E-state index in [1.54, 1.807) is 24.3 Å². The van der Waals surface area contributed by atoms with Crippen LogP contribution in [0.5, 0.6) is 0 Å². The molecule has 3 heteroatoms. The zero-order valence-corrected chi connectivity index (χ0v) is 11.3. The molecule has 0 spiro atoms. The number of halogens is 1. The molecule has 0 bridgehead atoms. The Labute approximate surface area is 117 Å². The first-order valence-electron chi connectivity index (χ1n) is 5.91. The maximum absolute atomic E-state index is 12.1. The summed E-state index contributed by atoms with van der Waals surface area (Å²) in [5, 5.41) is 1.77. The fourth-order valence-corrected chi connectivity index (χ4v) is 3.33. The van der Waals surface area contributed by atoms with E-state index in [1.807, 2.05) is 18.2 Å². The Morgan fingerprint density at radius 1 is 0.737 bits per heavy atom. The van der Waals surface area contributed by atoms with E-state index >= 15 is 0 Å². The SMILES string of the molecule is O=C1C=Cc2ccc3c4c(ccc1c24)C(=O)C=C3Br. The Bertz CT molecular complexity index is 857. The standard InChI is InChI=1S/C16H7BrO2/c17-12-7-14(19)11-5-4-10-13(18)6-2-8-1-3-9(12)16(11)15(8)10/h1-7H. The van der Waals surface area contributed by atoms with Crippen molar-refractivity contribution in [1.82, 2.24) is 0 Å². The van der Waals surface area contributed by atoms with Crippen molar-refractivity contribution in [2.45, 2.75) is 0 Å². The molecular formula is C16H7BrO2. The van der Waals surface area contributed by atoms with Crippen molar-refractivity contribution in [3.05, 3.63) is 58.7 Å². The number of ketones is 2. The summed E-state index contributed by atoms with van der Waals surface area (Å²) in [4.78, 5) is 24.0. The van der Waals surface area contributed by atoms with E-state index < -0.39 is 0 Å². The largest absolute Gasteiger partial charge is 0.289 e. The summed E-state index contributed by atoms with van der Waals surface area (Å²) in [7, 11) is 0. The lowest BCUT2D eigenvalue weighted by Gasteiger charge is -2.19. The molecule has 19 heavy (non-hydrogen) atoms. The molecule has 0 amide bonds. The fourth-order valence-electron chi connectivity index (χ4n) is 2.80. The van der Waals surface area contributed by atoms with Crippen LogP contribution in [0.15, 0.2) is 36.4 Å². The molecule has 4 rings (SSSR count). The van der Waals surface area contributed by atoms with Crippen LogP contribution in [0.25, 0.3) is 21.3 Å². The molecule has 90 valence electrons. The maximum Gasteiger partial charge on any atom is 0.187 e. The average Bonchev–Trinajstić information content (AvgIpc) is 2.41. The molecule has 0 unspecified atom stereocenters. The van der Waals surface area contributed by atoms with Crippen LogP contribution in [-0.4, -0.2) is 11.6 Å². The second kappa shape index (κ2) is 3.52. The predicted molar refractivity (Wildman–Crippen MR) is 78.5 cm³/mol. The molecule has 0 fully saturated rings. The van der Waals surface area contributed by atoms with Gasteiger partial charge in [0.15, 0.2) is 11.6 Å². The monoisotopic (exact) mass is 310 g/mol. The van der Waals surface area contributed by atoms with Crippen molar-refractivity contribution >= 4 is 48.8 Å². The fraction of sp³-hybridized carbons (Fsp3) is 0. The van der Waals surface area contributed by atoms with Gasteiger partial charge in [0.05, 0.1) is 0 Å². The highest BCUT2D eigenvalue weighted by Gasteiger charge is 2.24. The molecule has 0 heterocycles. The van der Waals surface area contributed by atoms with Gasteiger partial charge in [-0.25, -0.2) is 0 Å². The van der Waals surface area contributed by atoms with Crippen LogP contribution in [0, 0.1) is 0 Å². The zero-order chi connectivity index (χ0) is 13.1. The molecule has 2 aromatic carbocycles. The van der Waals surface area contributed by atoms with Crippen LogP contribution in [-0.2, 0) is 0 Å². The van der Waals surface area contributed by atoms with Crippen molar-refractivity contribution < 1.29 is 9.59 Å². The average molecular weight is 311 g/mol. The molecule has 0 aliphatic heterocycles. The van der Waals surface area contributed by atoms with Crippen LogP contribution in [0.4, 0.5) is 0 Å².